The molecule has 1 unspecified atom stereocenters. The average Bonchev–Trinajstić information content (AvgIpc) is 2.97. The van der Waals surface area contributed by atoms with Gasteiger partial charge >= 0.3 is 0 Å². The molecule has 3 heteroatoms. The van der Waals surface area contributed by atoms with E-state index in [0.29, 0.717) is 6.04 Å². The van der Waals surface area contributed by atoms with Crippen LogP contribution >= 0.6 is 11.3 Å². The molecule has 0 aliphatic heterocycles. The van der Waals surface area contributed by atoms with Gasteiger partial charge in [-0.05, 0) is 43.5 Å². The standard InChI is InChI=1S/C17H24N2S/c1-5-18-12-15-11-13(2)8-9-16(15)19(4)14(3)17-7-6-10-20-17/h6-11,14,18H,5,12H2,1-4H3. The lowest BCUT2D eigenvalue weighted by molar-refractivity contribution is 0.708. The van der Waals surface area contributed by atoms with Crippen LogP contribution in [0.1, 0.15) is 35.9 Å². The Bertz CT molecular complexity index is 534. The third-order valence-electron chi connectivity index (χ3n) is 3.72. The fourth-order valence-electron chi connectivity index (χ4n) is 2.39. The fraction of sp³-hybridized carbons (Fsp3) is 0.412. The summed E-state index contributed by atoms with van der Waals surface area (Å²) >= 11 is 1.82. The number of aryl methyl sites for hydroxylation is 1. The van der Waals surface area contributed by atoms with Crippen LogP contribution in [-0.2, 0) is 6.54 Å². The van der Waals surface area contributed by atoms with Crippen LogP contribution in [0.4, 0.5) is 5.69 Å². The van der Waals surface area contributed by atoms with Crippen LogP contribution in [0.15, 0.2) is 35.7 Å². The maximum absolute atomic E-state index is 3.44. The summed E-state index contributed by atoms with van der Waals surface area (Å²) in [6.07, 6.45) is 0. The lowest BCUT2D eigenvalue weighted by atomic mass is 10.1. The molecular weight excluding hydrogens is 264 g/mol. The first kappa shape index (κ1) is 15.1. The molecule has 0 radical (unpaired) electrons. The third kappa shape index (κ3) is 3.41. The van der Waals surface area contributed by atoms with Gasteiger partial charge in [0, 0.05) is 24.2 Å². The lowest BCUT2D eigenvalue weighted by Crippen LogP contribution is -2.23. The molecule has 1 aromatic carbocycles. The molecule has 0 aliphatic carbocycles. The van der Waals surface area contributed by atoms with Crippen LogP contribution in [0.3, 0.4) is 0 Å². The largest absolute Gasteiger partial charge is 0.367 e. The molecule has 1 atom stereocenters. The van der Waals surface area contributed by atoms with E-state index in [2.05, 4.69) is 73.7 Å². The molecule has 2 aromatic rings. The number of thiophene rings is 1. The highest BCUT2D eigenvalue weighted by molar-refractivity contribution is 7.10. The van der Waals surface area contributed by atoms with E-state index in [-0.39, 0.29) is 0 Å². The Morgan fingerprint density at radius 2 is 2.10 bits per heavy atom. The number of anilines is 1. The highest BCUT2D eigenvalue weighted by Crippen LogP contribution is 2.30. The molecular formula is C17H24N2S. The molecule has 2 nitrogen and oxygen atoms in total. The minimum absolute atomic E-state index is 0.401. The Hall–Kier alpha value is -1.32. The Labute approximate surface area is 126 Å². The Morgan fingerprint density at radius 1 is 1.30 bits per heavy atom. The maximum atomic E-state index is 3.44. The summed E-state index contributed by atoms with van der Waals surface area (Å²) in [6.45, 7) is 8.49. The highest BCUT2D eigenvalue weighted by Gasteiger charge is 2.16. The summed E-state index contributed by atoms with van der Waals surface area (Å²) in [6, 6.07) is 11.5. The fourth-order valence-corrected chi connectivity index (χ4v) is 3.21. The van der Waals surface area contributed by atoms with E-state index in [1.165, 1.54) is 21.7 Å². The van der Waals surface area contributed by atoms with Gasteiger partial charge < -0.3 is 10.2 Å². The van der Waals surface area contributed by atoms with E-state index in [1.54, 1.807) is 0 Å². The SMILES string of the molecule is CCNCc1cc(C)ccc1N(C)C(C)c1cccs1. The van der Waals surface area contributed by atoms with Gasteiger partial charge in [0.15, 0.2) is 0 Å². The molecule has 0 aliphatic rings. The number of hydrogen-bond donors (Lipinski definition) is 1. The van der Waals surface area contributed by atoms with Crippen LogP contribution in [0, 0.1) is 6.92 Å². The van der Waals surface area contributed by atoms with Crippen molar-refractivity contribution in [1.29, 1.82) is 0 Å². The van der Waals surface area contributed by atoms with Crippen molar-refractivity contribution in [3.63, 3.8) is 0 Å². The predicted octanol–water partition coefficient (Wildman–Crippen LogP) is 4.36. The minimum atomic E-state index is 0.401. The maximum Gasteiger partial charge on any atom is 0.0603 e. The predicted molar refractivity (Wildman–Crippen MR) is 89.7 cm³/mol. The van der Waals surface area contributed by atoms with Crippen LogP contribution in [0.5, 0.6) is 0 Å². The smallest absolute Gasteiger partial charge is 0.0603 e. The lowest BCUT2D eigenvalue weighted by Gasteiger charge is -2.29. The summed E-state index contributed by atoms with van der Waals surface area (Å²) in [5, 5.41) is 5.58. The second-order valence-corrected chi connectivity index (χ2v) is 6.19. The van der Waals surface area contributed by atoms with E-state index < -0.39 is 0 Å². The zero-order valence-corrected chi connectivity index (χ0v) is 13.6. The summed E-state index contributed by atoms with van der Waals surface area (Å²) < 4.78 is 0. The monoisotopic (exact) mass is 288 g/mol. The molecule has 1 aromatic heterocycles. The van der Waals surface area contributed by atoms with Gasteiger partial charge in [0.25, 0.3) is 0 Å². The first-order chi connectivity index (χ1) is 9.63. The molecule has 1 heterocycles. The Morgan fingerprint density at radius 3 is 2.75 bits per heavy atom. The van der Waals surface area contributed by atoms with Crippen LogP contribution in [0.25, 0.3) is 0 Å². The summed E-state index contributed by atoms with van der Waals surface area (Å²) in [5.41, 5.74) is 4.01. The summed E-state index contributed by atoms with van der Waals surface area (Å²) in [4.78, 5) is 3.78. The van der Waals surface area contributed by atoms with Gasteiger partial charge in [0.1, 0.15) is 0 Å². The van der Waals surface area contributed by atoms with Gasteiger partial charge in [-0.3, -0.25) is 0 Å². The van der Waals surface area contributed by atoms with Crippen molar-refractivity contribution < 1.29 is 0 Å². The molecule has 2 rings (SSSR count). The zero-order chi connectivity index (χ0) is 14.5. The molecule has 0 saturated carbocycles. The van der Waals surface area contributed by atoms with Crippen molar-refractivity contribution in [2.75, 3.05) is 18.5 Å². The number of nitrogens with one attached hydrogen (secondary N) is 1. The number of nitrogens with zero attached hydrogens (tertiary/aromatic N) is 1. The van der Waals surface area contributed by atoms with Crippen molar-refractivity contribution in [1.82, 2.24) is 5.32 Å². The molecule has 0 amide bonds. The van der Waals surface area contributed by atoms with Crippen LogP contribution in [-0.4, -0.2) is 13.6 Å². The van der Waals surface area contributed by atoms with Crippen LogP contribution < -0.4 is 10.2 Å². The van der Waals surface area contributed by atoms with Gasteiger partial charge in [0.05, 0.1) is 6.04 Å². The Balaban J connectivity index is 2.26. The van der Waals surface area contributed by atoms with E-state index in [4.69, 9.17) is 0 Å². The number of rotatable bonds is 6. The first-order valence-corrected chi connectivity index (χ1v) is 8.08. The normalized spacial score (nSPS) is 12.4. The number of benzene rings is 1. The second-order valence-electron chi connectivity index (χ2n) is 5.21. The van der Waals surface area contributed by atoms with Crippen molar-refractivity contribution in [2.24, 2.45) is 0 Å². The third-order valence-corrected chi connectivity index (χ3v) is 4.76. The molecule has 108 valence electrons. The van der Waals surface area contributed by atoms with Crippen LogP contribution in [0.2, 0.25) is 0 Å². The molecule has 0 spiro atoms. The number of hydrogen-bond acceptors (Lipinski definition) is 3. The van der Waals surface area contributed by atoms with Gasteiger partial charge in [-0.1, -0.05) is 30.7 Å². The quantitative estimate of drug-likeness (QED) is 0.849. The van der Waals surface area contributed by atoms with E-state index in [9.17, 15) is 0 Å². The van der Waals surface area contributed by atoms with E-state index >= 15 is 0 Å². The van der Waals surface area contributed by atoms with Crippen molar-refractivity contribution in [3.05, 3.63) is 51.7 Å². The van der Waals surface area contributed by atoms with Crippen molar-refractivity contribution in [3.8, 4) is 0 Å². The topological polar surface area (TPSA) is 15.3 Å². The Kier molecular flexibility index (Phi) is 5.21. The minimum Gasteiger partial charge on any atom is -0.367 e. The first-order valence-electron chi connectivity index (χ1n) is 7.20. The van der Waals surface area contributed by atoms with Crippen molar-refractivity contribution >= 4 is 17.0 Å². The highest BCUT2D eigenvalue weighted by atomic mass is 32.1. The average molecular weight is 288 g/mol. The molecule has 0 saturated heterocycles. The van der Waals surface area contributed by atoms with Gasteiger partial charge in [0.2, 0.25) is 0 Å². The second kappa shape index (κ2) is 6.91. The van der Waals surface area contributed by atoms with Crippen molar-refractivity contribution in [2.45, 2.75) is 33.4 Å². The summed E-state index contributed by atoms with van der Waals surface area (Å²) in [7, 11) is 2.19. The molecule has 0 fully saturated rings. The van der Waals surface area contributed by atoms with E-state index in [0.717, 1.165) is 13.1 Å². The van der Waals surface area contributed by atoms with Gasteiger partial charge in [-0.2, -0.15) is 0 Å². The molecule has 1 N–H and O–H groups in total. The molecule has 0 bridgehead atoms. The zero-order valence-electron chi connectivity index (χ0n) is 12.8. The van der Waals surface area contributed by atoms with E-state index in [1.807, 2.05) is 11.3 Å². The van der Waals surface area contributed by atoms with Gasteiger partial charge in [-0.25, -0.2) is 0 Å². The van der Waals surface area contributed by atoms with Gasteiger partial charge in [-0.15, -0.1) is 11.3 Å². The summed E-state index contributed by atoms with van der Waals surface area (Å²) in [5.74, 6) is 0. The molecule has 20 heavy (non-hydrogen) atoms.